The van der Waals surface area contributed by atoms with Crippen LogP contribution in [0, 0.1) is 0 Å². The monoisotopic (exact) mass is 198 g/mol. The van der Waals surface area contributed by atoms with Gasteiger partial charge in [0.15, 0.2) is 0 Å². The zero-order valence-corrected chi connectivity index (χ0v) is 7.43. The Labute approximate surface area is 75.1 Å². The van der Waals surface area contributed by atoms with Crippen LogP contribution in [0.4, 0.5) is 9.59 Å². The molecular formula is C6H14O7. The van der Waals surface area contributed by atoms with Crippen molar-refractivity contribution in [3.05, 3.63) is 0 Å². The van der Waals surface area contributed by atoms with Gasteiger partial charge in [0.05, 0.1) is 0 Å². The van der Waals surface area contributed by atoms with Crippen LogP contribution in [0.2, 0.25) is 0 Å². The van der Waals surface area contributed by atoms with Crippen LogP contribution in [-0.4, -0.2) is 33.0 Å². The van der Waals surface area contributed by atoms with Crippen molar-refractivity contribution in [2.45, 2.75) is 26.7 Å². The molecule has 4 N–H and O–H groups in total. The second kappa shape index (κ2) is 17.0. The summed E-state index contributed by atoms with van der Waals surface area (Å²) < 4.78 is 3.08. The second-order valence-corrected chi connectivity index (χ2v) is 1.63. The molecule has 0 aliphatic rings. The highest BCUT2D eigenvalue weighted by molar-refractivity contribution is 5.74. The Morgan fingerprint density at radius 3 is 1.23 bits per heavy atom. The van der Waals surface area contributed by atoms with Gasteiger partial charge in [-0.2, -0.15) is 0 Å². The van der Waals surface area contributed by atoms with E-state index in [-0.39, 0.29) is 0 Å². The Kier molecular flexibility index (Phi) is 23.0. The molecule has 80 valence electrons. The predicted octanol–water partition coefficient (Wildman–Crippen LogP) is 2.18. The van der Waals surface area contributed by atoms with Gasteiger partial charge in [0.2, 0.25) is 0 Å². The van der Waals surface area contributed by atoms with Crippen molar-refractivity contribution in [3.63, 3.8) is 0 Å². The summed E-state index contributed by atoms with van der Waals surface area (Å²) in [5, 5.41) is 27.0. The molecule has 0 radical (unpaired) electrons. The maximum Gasteiger partial charge on any atom is 0.516 e. The van der Waals surface area contributed by atoms with Crippen LogP contribution in [0.15, 0.2) is 0 Å². The van der Waals surface area contributed by atoms with Gasteiger partial charge < -0.3 is 14.9 Å². The predicted molar refractivity (Wildman–Crippen MR) is 43.0 cm³/mol. The van der Waals surface area contributed by atoms with Gasteiger partial charge in [-0.1, -0.05) is 26.7 Å². The standard InChI is InChI=1S/C4H10.C2H2O5.H2O2/c1-3-4-2;3-1(4)7-2(5)6;1-2/h3-4H2,1-2H3;(H,3,4)(H,5,6);1-2H. The zero-order valence-electron chi connectivity index (χ0n) is 7.43. The average Bonchev–Trinajstić information content (AvgIpc) is 2.06. The number of hydrogen-bond donors (Lipinski definition) is 4. The lowest BCUT2D eigenvalue weighted by Gasteiger charge is -1.84. The lowest BCUT2D eigenvalue weighted by Crippen LogP contribution is -2.05. The smallest absolute Gasteiger partial charge is 0.449 e. The Balaban J connectivity index is -0.000000142. The topological polar surface area (TPSA) is 124 Å². The maximum absolute atomic E-state index is 9.21. The fourth-order valence-electron chi connectivity index (χ4n) is 0.0747. The number of rotatable bonds is 1. The van der Waals surface area contributed by atoms with Gasteiger partial charge in [-0.15, -0.1) is 0 Å². The van der Waals surface area contributed by atoms with Gasteiger partial charge in [0.1, 0.15) is 0 Å². The second-order valence-electron chi connectivity index (χ2n) is 1.63. The molecule has 0 spiro atoms. The fraction of sp³-hybridized carbons (Fsp3) is 0.667. The number of ether oxygens (including phenoxy) is 1. The van der Waals surface area contributed by atoms with E-state index in [1.54, 1.807) is 0 Å². The van der Waals surface area contributed by atoms with Crippen LogP contribution in [0.5, 0.6) is 0 Å². The Morgan fingerprint density at radius 1 is 1.00 bits per heavy atom. The van der Waals surface area contributed by atoms with E-state index in [0.717, 1.165) is 0 Å². The van der Waals surface area contributed by atoms with Crippen molar-refractivity contribution < 1.29 is 35.1 Å². The molecule has 0 bridgehead atoms. The SMILES string of the molecule is CCCC.O=C(O)OC(=O)O.OO. The Hall–Kier alpha value is -1.34. The Bertz CT molecular complexity index is 108. The van der Waals surface area contributed by atoms with E-state index in [9.17, 15) is 9.59 Å². The molecule has 7 nitrogen and oxygen atoms in total. The first kappa shape index (κ1) is 17.7. The van der Waals surface area contributed by atoms with Gasteiger partial charge >= 0.3 is 12.3 Å². The zero-order chi connectivity index (χ0) is 11.3. The van der Waals surface area contributed by atoms with Crippen LogP contribution in [0.25, 0.3) is 0 Å². The molecule has 0 aromatic carbocycles. The molecule has 0 aliphatic carbocycles. The van der Waals surface area contributed by atoms with Crippen molar-refractivity contribution in [1.82, 2.24) is 0 Å². The summed E-state index contributed by atoms with van der Waals surface area (Å²) in [7, 11) is 0. The molecule has 7 heteroatoms. The fourth-order valence-corrected chi connectivity index (χ4v) is 0.0747. The third-order valence-corrected chi connectivity index (χ3v) is 0.675. The van der Waals surface area contributed by atoms with E-state index in [0.29, 0.717) is 0 Å². The summed E-state index contributed by atoms with van der Waals surface area (Å²) in [6.45, 7) is 4.36. The third-order valence-electron chi connectivity index (χ3n) is 0.675. The van der Waals surface area contributed by atoms with Gasteiger partial charge in [-0.3, -0.25) is 10.5 Å². The average molecular weight is 198 g/mol. The molecule has 13 heavy (non-hydrogen) atoms. The maximum atomic E-state index is 9.21. The highest BCUT2D eigenvalue weighted by atomic mass is 17.0. The van der Waals surface area contributed by atoms with Gasteiger partial charge in [-0.05, 0) is 0 Å². The van der Waals surface area contributed by atoms with E-state index in [4.69, 9.17) is 20.7 Å². The summed E-state index contributed by atoms with van der Waals surface area (Å²) in [5.41, 5.74) is 0. The van der Waals surface area contributed by atoms with E-state index in [1.165, 1.54) is 12.8 Å². The van der Waals surface area contributed by atoms with Crippen LogP contribution < -0.4 is 0 Å². The third kappa shape index (κ3) is 59.7. The minimum absolute atomic E-state index is 1.32. The normalized spacial score (nSPS) is 6.77. The quantitative estimate of drug-likeness (QED) is 0.220. The first-order valence-corrected chi connectivity index (χ1v) is 3.38. The molecular weight excluding hydrogens is 184 g/mol. The van der Waals surface area contributed by atoms with Crippen LogP contribution in [-0.2, 0) is 4.74 Å². The minimum Gasteiger partial charge on any atom is -0.449 e. The summed E-state index contributed by atoms with van der Waals surface area (Å²) in [4.78, 5) is 18.4. The number of carboxylic acid groups (broad SMARTS) is 2. The Morgan fingerprint density at radius 2 is 1.23 bits per heavy atom. The van der Waals surface area contributed by atoms with E-state index >= 15 is 0 Å². The molecule has 0 heterocycles. The molecule has 0 aliphatic heterocycles. The first-order valence-electron chi connectivity index (χ1n) is 3.38. The van der Waals surface area contributed by atoms with Crippen molar-refractivity contribution in [2.24, 2.45) is 0 Å². The van der Waals surface area contributed by atoms with Crippen LogP contribution in [0.3, 0.4) is 0 Å². The van der Waals surface area contributed by atoms with Gasteiger partial charge in [-0.25, -0.2) is 9.59 Å². The summed E-state index contributed by atoms with van der Waals surface area (Å²) in [5.74, 6) is 0. The number of hydrogen-bond acceptors (Lipinski definition) is 5. The lowest BCUT2D eigenvalue weighted by atomic mass is 10.4. The van der Waals surface area contributed by atoms with Gasteiger partial charge in [0, 0.05) is 0 Å². The molecule has 0 amide bonds. The van der Waals surface area contributed by atoms with E-state index in [1.807, 2.05) is 0 Å². The van der Waals surface area contributed by atoms with Crippen LogP contribution in [0.1, 0.15) is 26.7 Å². The molecule has 0 saturated carbocycles. The summed E-state index contributed by atoms with van der Waals surface area (Å²) >= 11 is 0. The van der Waals surface area contributed by atoms with Crippen molar-refractivity contribution >= 4 is 12.3 Å². The number of carbonyl (C=O) groups is 2. The molecule has 0 rings (SSSR count). The van der Waals surface area contributed by atoms with Crippen molar-refractivity contribution in [3.8, 4) is 0 Å². The van der Waals surface area contributed by atoms with Gasteiger partial charge in [0.25, 0.3) is 0 Å². The van der Waals surface area contributed by atoms with E-state index < -0.39 is 12.3 Å². The first-order chi connectivity index (χ1) is 6.04. The molecule has 0 saturated heterocycles. The minimum atomic E-state index is -1.81. The molecule has 0 unspecified atom stereocenters. The largest absolute Gasteiger partial charge is 0.516 e. The number of unbranched alkanes of at least 4 members (excludes halogenated alkanes) is 1. The molecule has 0 fully saturated rings. The van der Waals surface area contributed by atoms with E-state index in [2.05, 4.69) is 18.6 Å². The summed E-state index contributed by atoms with van der Waals surface area (Å²) in [6, 6.07) is 0. The molecule has 0 atom stereocenters. The van der Waals surface area contributed by atoms with Crippen molar-refractivity contribution in [1.29, 1.82) is 0 Å². The molecule has 0 aromatic heterocycles. The highest BCUT2D eigenvalue weighted by Gasteiger charge is 2.01. The van der Waals surface area contributed by atoms with Crippen molar-refractivity contribution in [2.75, 3.05) is 0 Å². The molecule has 0 aromatic rings. The van der Waals surface area contributed by atoms with Crippen LogP contribution >= 0.6 is 0 Å². The lowest BCUT2D eigenvalue weighted by molar-refractivity contribution is -0.176. The highest BCUT2D eigenvalue weighted by Crippen LogP contribution is 1.76. The summed E-state index contributed by atoms with van der Waals surface area (Å²) in [6.07, 6.45) is -0.986.